The van der Waals surface area contributed by atoms with Crippen molar-refractivity contribution in [3.05, 3.63) is 40.2 Å². The van der Waals surface area contributed by atoms with Gasteiger partial charge in [-0.15, -0.1) is 11.3 Å². The van der Waals surface area contributed by atoms with E-state index in [1.165, 1.54) is 0 Å². The summed E-state index contributed by atoms with van der Waals surface area (Å²) in [5.74, 6) is -4.00. The number of thiazole rings is 1. The Kier molecular flexibility index (Phi) is 2.89. The van der Waals surface area contributed by atoms with Crippen LogP contribution in [0.2, 0.25) is 0 Å². The number of ketones is 1. The van der Waals surface area contributed by atoms with E-state index >= 15 is 0 Å². The van der Waals surface area contributed by atoms with Crippen LogP contribution in [-0.4, -0.2) is 10.8 Å². The quantitative estimate of drug-likeness (QED) is 0.746. The number of nitrogens with zero attached hydrogens (tertiary/aromatic N) is 1. The average Bonchev–Trinajstić information content (AvgIpc) is 2.81. The smallest absolute Gasteiger partial charge is 0.194 e. The van der Waals surface area contributed by atoms with E-state index in [0.717, 1.165) is 29.9 Å². The second-order valence-electron chi connectivity index (χ2n) is 4.33. The Bertz CT molecular complexity index is 658. The highest BCUT2D eigenvalue weighted by molar-refractivity contribution is 7.17. The lowest BCUT2D eigenvalue weighted by Gasteiger charge is -2.06. The number of hydrogen-bond donors (Lipinski definition) is 0. The molecule has 2 nitrogen and oxygen atoms in total. The predicted octanol–water partition coefficient (Wildman–Crippen LogP) is 3.75. The molecule has 0 spiro atoms. The van der Waals surface area contributed by atoms with E-state index in [-0.39, 0.29) is 11.3 Å². The first-order valence-electron chi connectivity index (χ1n) is 5.74. The van der Waals surface area contributed by atoms with Crippen LogP contribution in [0, 0.1) is 17.5 Å². The van der Waals surface area contributed by atoms with E-state index in [0.29, 0.717) is 28.4 Å². The van der Waals surface area contributed by atoms with Gasteiger partial charge in [-0.1, -0.05) is 0 Å². The summed E-state index contributed by atoms with van der Waals surface area (Å²) in [6.07, 6.45) is 1.89. The fourth-order valence-corrected chi connectivity index (χ4v) is 3.14. The topological polar surface area (TPSA) is 30.0 Å². The summed E-state index contributed by atoms with van der Waals surface area (Å²) < 4.78 is 39.3. The summed E-state index contributed by atoms with van der Waals surface area (Å²) in [4.78, 5) is 16.5. The van der Waals surface area contributed by atoms with Gasteiger partial charge in [0.15, 0.2) is 23.2 Å². The zero-order chi connectivity index (χ0) is 13.6. The molecule has 0 fully saturated rings. The van der Waals surface area contributed by atoms with Crippen molar-refractivity contribution in [2.75, 3.05) is 0 Å². The molecule has 0 atom stereocenters. The van der Waals surface area contributed by atoms with Gasteiger partial charge in [-0.05, 0) is 25.0 Å². The largest absolute Gasteiger partial charge is 0.293 e. The number of halogens is 3. The van der Waals surface area contributed by atoms with Crippen molar-refractivity contribution in [1.82, 2.24) is 4.98 Å². The average molecular weight is 283 g/mol. The number of fused-ring (bicyclic) bond motifs is 1. The van der Waals surface area contributed by atoms with E-state index in [1.807, 2.05) is 0 Å². The number of hydrogen-bond acceptors (Lipinski definition) is 3. The number of benzene rings is 1. The Morgan fingerprint density at radius 3 is 2.42 bits per heavy atom. The van der Waals surface area contributed by atoms with Crippen LogP contribution in [0.5, 0.6) is 0 Å². The highest BCUT2D eigenvalue weighted by atomic mass is 32.1. The molecule has 0 radical (unpaired) electrons. The van der Waals surface area contributed by atoms with Gasteiger partial charge < -0.3 is 0 Å². The highest BCUT2D eigenvalue weighted by Gasteiger charge is 2.23. The summed E-state index contributed by atoms with van der Waals surface area (Å²) in [6, 6.07) is 1.79. The second-order valence-corrected chi connectivity index (χ2v) is 5.32. The van der Waals surface area contributed by atoms with Gasteiger partial charge in [0.25, 0.3) is 0 Å². The molecule has 1 aliphatic carbocycles. The number of carbonyl (C=O) groups excluding carboxylic acids is 1. The molecule has 1 aromatic carbocycles. The summed E-state index contributed by atoms with van der Waals surface area (Å²) in [5, 5.41) is 0.345. The van der Waals surface area contributed by atoms with Gasteiger partial charge in [-0.25, -0.2) is 18.2 Å². The van der Waals surface area contributed by atoms with E-state index in [9.17, 15) is 18.0 Å². The van der Waals surface area contributed by atoms with Gasteiger partial charge in [0.1, 0.15) is 5.01 Å². The third-order valence-corrected chi connectivity index (χ3v) is 4.19. The third-order valence-electron chi connectivity index (χ3n) is 3.00. The Balaban J connectivity index is 2.10. The molecule has 6 heteroatoms. The number of Topliss-reactive ketones (excluding diaryl/α,β-unsaturated/α-hetero) is 1. The SMILES string of the molecule is O=C1CCCc2nc(-c3cc(F)c(F)c(F)c3)sc21. The molecular weight excluding hydrogens is 275 g/mol. The molecule has 2 aromatic rings. The van der Waals surface area contributed by atoms with Crippen molar-refractivity contribution in [2.24, 2.45) is 0 Å². The van der Waals surface area contributed by atoms with Gasteiger partial charge in [0.05, 0.1) is 10.6 Å². The van der Waals surface area contributed by atoms with E-state index in [4.69, 9.17) is 0 Å². The first-order chi connectivity index (χ1) is 9.06. The lowest BCUT2D eigenvalue weighted by atomic mass is 10.0. The van der Waals surface area contributed by atoms with Gasteiger partial charge in [0.2, 0.25) is 0 Å². The van der Waals surface area contributed by atoms with E-state index < -0.39 is 17.5 Å². The van der Waals surface area contributed by atoms with Crippen LogP contribution in [0.25, 0.3) is 10.6 Å². The van der Waals surface area contributed by atoms with Crippen LogP contribution >= 0.6 is 11.3 Å². The Morgan fingerprint density at radius 1 is 1.11 bits per heavy atom. The van der Waals surface area contributed by atoms with Crippen LogP contribution in [-0.2, 0) is 6.42 Å². The van der Waals surface area contributed by atoms with Crippen molar-refractivity contribution in [3.63, 3.8) is 0 Å². The minimum Gasteiger partial charge on any atom is -0.293 e. The third kappa shape index (κ3) is 2.06. The molecule has 0 saturated carbocycles. The van der Waals surface area contributed by atoms with Gasteiger partial charge in [-0.3, -0.25) is 4.79 Å². The zero-order valence-electron chi connectivity index (χ0n) is 9.67. The van der Waals surface area contributed by atoms with Crippen LogP contribution in [0.15, 0.2) is 12.1 Å². The number of aryl methyl sites for hydroxylation is 1. The Hall–Kier alpha value is -1.69. The maximum atomic E-state index is 13.2. The molecular formula is C13H8F3NOS. The molecule has 0 aliphatic heterocycles. The van der Waals surface area contributed by atoms with Crippen LogP contribution in [0.1, 0.15) is 28.2 Å². The molecule has 3 rings (SSSR count). The first kappa shape index (κ1) is 12.3. The molecule has 0 unspecified atom stereocenters. The summed E-state index contributed by atoms with van der Waals surface area (Å²) in [6.45, 7) is 0. The lowest BCUT2D eigenvalue weighted by Crippen LogP contribution is -2.07. The van der Waals surface area contributed by atoms with Crippen molar-refractivity contribution in [1.29, 1.82) is 0 Å². The van der Waals surface area contributed by atoms with Crippen molar-refractivity contribution in [3.8, 4) is 10.6 Å². The molecule has 1 aliphatic rings. The molecule has 0 bridgehead atoms. The standard InChI is InChI=1S/C13H8F3NOS/c14-7-4-6(5-8(15)11(7)16)13-17-9-2-1-3-10(18)12(9)19-13/h4-5H,1-3H2. The van der Waals surface area contributed by atoms with Crippen LogP contribution < -0.4 is 0 Å². The lowest BCUT2D eigenvalue weighted by molar-refractivity contribution is 0.0976. The summed E-state index contributed by atoms with van der Waals surface area (Å²) in [5.41, 5.74) is 0.824. The zero-order valence-corrected chi connectivity index (χ0v) is 10.5. The fraction of sp³-hybridized carbons (Fsp3) is 0.231. The molecule has 1 aromatic heterocycles. The summed E-state index contributed by atoms with van der Waals surface area (Å²) >= 11 is 1.10. The van der Waals surface area contributed by atoms with Crippen molar-refractivity contribution in [2.45, 2.75) is 19.3 Å². The fourth-order valence-electron chi connectivity index (χ4n) is 2.07. The number of rotatable bonds is 1. The summed E-state index contributed by atoms with van der Waals surface area (Å²) in [7, 11) is 0. The van der Waals surface area contributed by atoms with Gasteiger partial charge in [-0.2, -0.15) is 0 Å². The molecule has 19 heavy (non-hydrogen) atoms. The maximum absolute atomic E-state index is 13.2. The highest BCUT2D eigenvalue weighted by Crippen LogP contribution is 2.33. The Morgan fingerprint density at radius 2 is 1.79 bits per heavy atom. The second kappa shape index (κ2) is 4.45. The Labute approximate surface area is 110 Å². The first-order valence-corrected chi connectivity index (χ1v) is 6.55. The van der Waals surface area contributed by atoms with Crippen LogP contribution in [0.3, 0.4) is 0 Å². The van der Waals surface area contributed by atoms with Crippen LogP contribution in [0.4, 0.5) is 13.2 Å². The van der Waals surface area contributed by atoms with Gasteiger partial charge in [0, 0.05) is 12.0 Å². The van der Waals surface area contributed by atoms with Crippen molar-refractivity contribution >= 4 is 17.1 Å². The normalized spacial score (nSPS) is 14.6. The van der Waals surface area contributed by atoms with E-state index in [2.05, 4.69) is 4.98 Å². The number of carbonyl (C=O) groups is 1. The minimum atomic E-state index is -1.50. The molecule has 0 N–H and O–H groups in total. The molecule has 0 saturated heterocycles. The predicted molar refractivity (Wildman–Crippen MR) is 64.7 cm³/mol. The number of aromatic nitrogens is 1. The molecule has 1 heterocycles. The van der Waals surface area contributed by atoms with Gasteiger partial charge >= 0.3 is 0 Å². The maximum Gasteiger partial charge on any atom is 0.194 e. The monoisotopic (exact) mass is 283 g/mol. The minimum absolute atomic E-state index is 0.00746. The van der Waals surface area contributed by atoms with E-state index in [1.54, 1.807) is 0 Å². The molecule has 0 amide bonds. The van der Waals surface area contributed by atoms with Crippen molar-refractivity contribution < 1.29 is 18.0 Å². The molecule has 98 valence electrons.